The molecule has 0 radical (unpaired) electrons. The number of nitrogens with one attached hydrogen (secondary N) is 1. The summed E-state index contributed by atoms with van der Waals surface area (Å²) < 4.78 is 33.3. The molecule has 0 heterocycles. The van der Waals surface area contributed by atoms with E-state index in [1.807, 2.05) is 0 Å². The Balaban J connectivity index is 1.73. The number of carbonyl (C=O) groups is 2. The lowest BCUT2D eigenvalue weighted by Gasteiger charge is -2.29. The van der Waals surface area contributed by atoms with Gasteiger partial charge in [0.25, 0.3) is 5.91 Å². The smallest absolute Gasteiger partial charge is 0.261 e. The summed E-state index contributed by atoms with van der Waals surface area (Å²) in [6, 6.07) is 11.1. The van der Waals surface area contributed by atoms with Gasteiger partial charge in [-0.25, -0.2) is 8.78 Å². The molecule has 0 spiro atoms. The van der Waals surface area contributed by atoms with Crippen LogP contribution in [0.5, 0.6) is 5.75 Å². The molecule has 1 saturated carbocycles. The highest BCUT2D eigenvalue weighted by molar-refractivity contribution is 5.88. The minimum atomic E-state index is -0.832. The van der Waals surface area contributed by atoms with Crippen LogP contribution in [0.25, 0.3) is 0 Å². The number of hydrogen-bond donors (Lipinski definition) is 1. The Kier molecular flexibility index (Phi) is 7.38. The van der Waals surface area contributed by atoms with Gasteiger partial charge in [0.1, 0.15) is 11.9 Å². The zero-order valence-corrected chi connectivity index (χ0v) is 16.9. The molecule has 5 nitrogen and oxygen atoms in total. The van der Waals surface area contributed by atoms with E-state index >= 15 is 0 Å². The van der Waals surface area contributed by atoms with E-state index in [0.717, 1.165) is 25.7 Å². The van der Waals surface area contributed by atoms with Gasteiger partial charge in [-0.2, -0.15) is 0 Å². The molecule has 2 amide bonds. The maximum absolute atomic E-state index is 14.2. The van der Waals surface area contributed by atoms with Crippen LogP contribution in [0.2, 0.25) is 0 Å². The van der Waals surface area contributed by atoms with Crippen molar-refractivity contribution in [2.75, 3.05) is 6.61 Å². The molecule has 2 aromatic carbocycles. The van der Waals surface area contributed by atoms with Crippen LogP contribution in [0.1, 0.15) is 38.2 Å². The maximum Gasteiger partial charge on any atom is 0.261 e. The van der Waals surface area contributed by atoms with Gasteiger partial charge in [-0.1, -0.05) is 43.2 Å². The fourth-order valence-electron chi connectivity index (χ4n) is 3.57. The number of hydrogen-bond acceptors (Lipinski definition) is 3. The molecule has 7 heteroatoms. The van der Waals surface area contributed by atoms with Crippen molar-refractivity contribution >= 4 is 11.8 Å². The molecule has 1 atom stereocenters. The highest BCUT2D eigenvalue weighted by atomic mass is 19.1. The lowest BCUT2D eigenvalue weighted by Crippen LogP contribution is -2.50. The number of benzene rings is 2. The Bertz CT molecular complexity index is 884. The third-order valence-corrected chi connectivity index (χ3v) is 5.36. The van der Waals surface area contributed by atoms with Crippen LogP contribution in [-0.4, -0.2) is 35.4 Å². The van der Waals surface area contributed by atoms with Crippen LogP contribution in [0.4, 0.5) is 8.78 Å². The van der Waals surface area contributed by atoms with Crippen molar-refractivity contribution in [1.29, 1.82) is 0 Å². The van der Waals surface area contributed by atoms with Gasteiger partial charge in [0, 0.05) is 18.2 Å². The normalized spacial score (nSPS) is 14.9. The molecule has 0 unspecified atom stereocenters. The summed E-state index contributed by atoms with van der Waals surface area (Å²) in [5.41, 5.74) is 0.289. The lowest BCUT2D eigenvalue weighted by atomic mass is 10.1. The van der Waals surface area contributed by atoms with Gasteiger partial charge in [0.05, 0.1) is 0 Å². The summed E-state index contributed by atoms with van der Waals surface area (Å²) in [5, 5.41) is 2.97. The van der Waals surface area contributed by atoms with E-state index in [1.165, 1.54) is 29.2 Å². The number of amides is 2. The standard InChI is InChI=1S/C23H26F2N2O3/c1-16(23(29)26-18-9-3-4-10-18)27(14-17-8-2-5-11-19(17)24)22(28)15-30-21-13-7-6-12-20(21)25/h2,5-8,11-13,16,18H,3-4,9-10,14-15H2,1H3,(H,26,29)/t16-/m1/s1. The number of nitrogens with zero attached hydrogens (tertiary/aromatic N) is 1. The third-order valence-electron chi connectivity index (χ3n) is 5.36. The first-order valence-electron chi connectivity index (χ1n) is 10.2. The van der Waals surface area contributed by atoms with E-state index in [0.29, 0.717) is 0 Å². The minimum Gasteiger partial charge on any atom is -0.481 e. The fraction of sp³-hybridized carbons (Fsp3) is 0.391. The average Bonchev–Trinajstić information content (AvgIpc) is 3.25. The van der Waals surface area contributed by atoms with Gasteiger partial charge < -0.3 is 15.0 Å². The zero-order valence-electron chi connectivity index (χ0n) is 16.9. The number of rotatable bonds is 8. The van der Waals surface area contributed by atoms with Gasteiger partial charge >= 0.3 is 0 Å². The highest BCUT2D eigenvalue weighted by Crippen LogP contribution is 2.20. The zero-order chi connectivity index (χ0) is 21.5. The molecule has 0 bridgehead atoms. The number of ether oxygens (including phenoxy) is 1. The molecule has 3 rings (SSSR count). The monoisotopic (exact) mass is 416 g/mol. The topological polar surface area (TPSA) is 58.6 Å². The van der Waals surface area contributed by atoms with Crippen LogP contribution >= 0.6 is 0 Å². The van der Waals surface area contributed by atoms with Gasteiger partial charge in [-0.3, -0.25) is 9.59 Å². The van der Waals surface area contributed by atoms with Gasteiger partial charge in [0.15, 0.2) is 18.2 Å². The van der Waals surface area contributed by atoms with Crippen molar-refractivity contribution < 1.29 is 23.1 Å². The molecule has 30 heavy (non-hydrogen) atoms. The Labute approximate surface area is 175 Å². The number of carbonyl (C=O) groups excluding carboxylic acids is 2. The van der Waals surface area contributed by atoms with Crippen LogP contribution in [-0.2, 0) is 16.1 Å². The van der Waals surface area contributed by atoms with Crippen LogP contribution in [0, 0.1) is 11.6 Å². The Hall–Kier alpha value is -2.96. The van der Waals surface area contributed by atoms with E-state index in [1.54, 1.807) is 31.2 Å². The van der Waals surface area contributed by atoms with Crippen LogP contribution in [0.3, 0.4) is 0 Å². The summed E-state index contributed by atoms with van der Waals surface area (Å²) in [7, 11) is 0. The average molecular weight is 416 g/mol. The summed E-state index contributed by atoms with van der Waals surface area (Å²) in [6.07, 6.45) is 3.95. The maximum atomic E-state index is 14.2. The summed E-state index contributed by atoms with van der Waals surface area (Å²) in [4.78, 5) is 26.9. The molecule has 0 aliphatic heterocycles. The van der Waals surface area contributed by atoms with Gasteiger partial charge in [-0.05, 0) is 38.0 Å². The van der Waals surface area contributed by atoms with E-state index in [2.05, 4.69) is 5.32 Å². The van der Waals surface area contributed by atoms with Crippen LogP contribution in [0.15, 0.2) is 48.5 Å². The van der Waals surface area contributed by atoms with E-state index in [-0.39, 0.29) is 29.8 Å². The molecule has 2 aromatic rings. The highest BCUT2D eigenvalue weighted by Gasteiger charge is 2.29. The third kappa shape index (κ3) is 5.55. The predicted molar refractivity (Wildman–Crippen MR) is 109 cm³/mol. The molecular weight excluding hydrogens is 390 g/mol. The molecule has 160 valence electrons. The van der Waals surface area contributed by atoms with Crippen molar-refractivity contribution in [2.45, 2.75) is 51.2 Å². The lowest BCUT2D eigenvalue weighted by molar-refractivity contribution is -0.142. The largest absolute Gasteiger partial charge is 0.481 e. The van der Waals surface area contributed by atoms with E-state index < -0.39 is 30.2 Å². The molecule has 1 aliphatic rings. The molecule has 1 fully saturated rings. The molecule has 0 aromatic heterocycles. The molecule has 1 N–H and O–H groups in total. The fourth-order valence-corrected chi connectivity index (χ4v) is 3.57. The van der Waals surface area contributed by atoms with E-state index in [9.17, 15) is 18.4 Å². The SMILES string of the molecule is C[C@H](C(=O)NC1CCCC1)N(Cc1ccccc1F)C(=O)COc1ccccc1F. The summed E-state index contributed by atoms with van der Waals surface area (Å²) in [6.45, 7) is 1.05. The molecule has 1 aliphatic carbocycles. The first-order valence-corrected chi connectivity index (χ1v) is 10.2. The van der Waals surface area contributed by atoms with E-state index in [4.69, 9.17) is 4.74 Å². The van der Waals surface area contributed by atoms with Crippen molar-refractivity contribution in [3.8, 4) is 5.75 Å². The first kappa shape index (κ1) is 21.7. The quantitative estimate of drug-likeness (QED) is 0.712. The Morgan fingerprint density at radius 1 is 1.07 bits per heavy atom. The second kappa shape index (κ2) is 10.2. The van der Waals surface area contributed by atoms with Crippen molar-refractivity contribution in [1.82, 2.24) is 10.2 Å². The molecular formula is C23H26F2N2O3. The van der Waals surface area contributed by atoms with Crippen molar-refractivity contribution in [3.63, 3.8) is 0 Å². The Morgan fingerprint density at radius 3 is 2.37 bits per heavy atom. The summed E-state index contributed by atoms with van der Waals surface area (Å²) >= 11 is 0. The number of para-hydroxylation sites is 1. The Morgan fingerprint density at radius 2 is 1.70 bits per heavy atom. The first-order chi connectivity index (χ1) is 14.5. The van der Waals surface area contributed by atoms with Gasteiger partial charge in [0.2, 0.25) is 5.91 Å². The van der Waals surface area contributed by atoms with Gasteiger partial charge in [-0.15, -0.1) is 0 Å². The molecule has 0 saturated heterocycles. The summed E-state index contributed by atoms with van der Waals surface area (Å²) in [5.74, 6) is -1.93. The second-order valence-corrected chi connectivity index (χ2v) is 7.50. The van der Waals surface area contributed by atoms with Crippen LogP contribution < -0.4 is 10.1 Å². The van der Waals surface area contributed by atoms with Crippen molar-refractivity contribution in [2.24, 2.45) is 0 Å². The second-order valence-electron chi connectivity index (χ2n) is 7.50. The minimum absolute atomic E-state index is 0.0558. The van der Waals surface area contributed by atoms with Crippen molar-refractivity contribution in [3.05, 3.63) is 65.7 Å². The predicted octanol–water partition coefficient (Wildman–Crippen LogP) is 3.82. The number of halogens is 2.